The van der Waals surface area contributed by atoms with Crippen LogP contribution in [0.4, 0.5) is 0 Å². The van der Waals surface area contributed by atoms with Gasteiger partial charge in [-0.1, -0.05) is 0 Å². The second kappa shape index (κ2) is 8.28. The van der Waals surface area contributed by atoms with Crippen molar-refractivity contribution < 1.29 is 22.7 Å². The highest BCUT2D eigenvalue weighted by atomic mass is 32.2. The lowest BCUT2D eigenvalue weighted by Gasteiger charge is -2.11. The van der Waals surface area contributed by atoms with E-state index >= 15 is 0 Å². The summed E-state index contributed by atoms with van der Waals surface area (Å²) in [6.07, 6.45) is 4.80. The standard InChI is InChI=1S/C18H20N4O5S/c1-28(24,25)8-2-7-26-15-3-5-16(6-4-15)27-17-10-13(18(23)21-19)9-14-11-20-12-22(14)17/h3-6,9-12H,2,7-8,19H2,1H3,(H,21,23). The zero-order chi connectivity index (χ0) is 20.1. The number of hydrogen-bond donors (Lipinski definition) is 2. The van der Waals surface area contributed by atoms with Crippen LogP contribution in [0.3, 0.4) is 0 Å². The molecule has 0 fully saturated rings. The normalized spacial score (nSPS) is 11.4. The van der Waals surface area contributed by atoms with Gasteiger partial charge in [-0.05, 0) is 36.8 Å². The van der Waals surface area contributed by atoms with Crippen LogP contribution in [0.15, 0.2) is 48.9 Å². The fraction of sp³-hybridized carbons (Fsp3) is 0.222. The zero-order valence-electron chi connectivity index (χ0n) is 15.2. The third-order valence-corrected chi connectivity index (χ3v) is 4.88. The number of rotatable bonds is 8. The molecular weight excluding hydrogens is 384 g/mol. The molecule has 9 nitrogen and oxygen atoms in total. The van der Waals surface area contributed by atoms with E-state index in [0.717, 1.165) is 0 Å². The number of hydrazine groups is 1. The van der Waals surface area contributed by atoms with Crippen LogP contribution in [0.2, 0.25) is 0 Å². The van der Waals surface area contributed by atoms with Crippen LogP contribution in [-0.4, -0.2) is 42.3 Å². The van der Waals surface area contributed by atoms with E-state index in [-0.39, 0.29) is 5.75 Å². The highest BCUT2D eigenvalue weighted by Gasteiger charge is 2.11. The van der Waals surface area contributed by atoms with Gasteiger partial charge in [0.2, 0.25) is 5.88 Å². The molecule has 1 amide bonds. The minimum absolute atomic E-state index is 0.0851. The van der Waals surface area contributed by atoms with Crippen LogP contribution in [0.25, 0.3) is 5.52 Å². The van der Waals surface area contributed by atoms with E-state index in [1.54, 1.807) is 53.3 Å². The predicted octanol–water partition coefficient (Wildman–Crippen LogP) is 1.54. The van der Waals surface area contributed by atoms with Crippen LogP contribution < -0.4 is 20.7 Å². The van der Waals surface area contributed by atoms with Gasteiger partial charge in [0.05, 0.1) is 24.1 Å². The van der Waals surface area contributed by atoms with E-state index in [1.165, 1.54) is 6.26 Å². The summed E-state index contributed by atoms with van der Waals surface area (Å²) in [7, 11) is -2.99. The molecule has 148 valence electrons. The molecule has 1 aromatic carbocycles. The Hall–Kier alpha value is -3.11. The number of carbonyl (C=O) groups excluding carboxylic acids is 1. The number of hydrogen-bond acceptors (Lipinski definition) is 7. The molecule has 3 N–H and O–H groups in total. The molecule has 10 heteroatoms. The van der Waals surface area contributed by atoms with Crippen molar-refractivity contribution in [2.75, 3.05) is 18.6 Å². The minimum atomic E-state index is -2.99. The van der Waals surface area contributed by atoms with E-state index in [1.807, 2.05) is 0 Å². The van der Waals surface area contributed by atoms with Crippen molar-refractivity contribution >= 4 is 21.3 Å². The van der Waals surface area contributed by atoms with Gasteiger partial charge in [0.25, 0.3) is 5.91 Å². The Labute approximate surface area is 162 Å². The Balaban J connectivity index is 1.70. The largest absolute Gasteiger partial charge is 0.494 e. The maximum atomic E-state index is 11.8. The maximum absolute atomic E-state index is 11.8. The van der Waals surface area contributed by atoms with E-state index in [4.69, 9.17) is 15.3 Å². The van der Waals surface area contributed by atoms with E-state index < -0.39 is 15.7 Å². The number of ether oxygens (including phenoxy) is 2. The Morgan fingerprint density at radius 2 is 1.93 bits per heavy atom. The van der Waals surface area contributed by atoms with E-state index in [0.29, 0.717) is 41.5 Å². The number of pyridine rings is 1. The maximum Gasteiger partial charge on any atom is 0.265 e. The first-order valence-electron chi connectivity index (χ1n) is 8.41. The molecule has 0 aliphatic heterocycles. The summed E-state index contributed by atoms with van der Waals surface area (Å²) in [5.41, 5.74) is 3.12. The number of nitrogens with one attached hydrogen (secondary N) is 1. The molecule has 0 spiro atoms. The van der Waals surface area contributed by atoms with Crippen molar-refractivity contribution in [3.63, 3.8) is 0 Å². The second-order valence-corrected chi connectivity index (χ2v) is 8.41. The summed E-state index contributed by atoms with van der Waals surface area (Å²) in [6, 6.07) is 10.1. The first-order chi connectivity index (χ1) is 13.4. The number of sulfone groups is 1. The van der Waals surface area contributed by atoms with Gasteiger partial charge in [-0.15, -0.1) is 0 Å². The number of carbonyl (C=O) groups is 1. The lowest BCUT2D eigenvalue weighted by atomic mass is 10.2. The number of nitrogens with two attached hydrogens (primary N) is 1. The lowest BCUT2D eigenvalue weighted by molar-refractivity contribution is 0.0953. The fourth-order valence-corrected chi connectivity index (χ4v) is 3.17. The van der Waals surface area contributed by atoms with Crippen LogP contribution in [-0.2, 0) is 9.84 Å². The van der Waals surface area contributed by atoms with Crippen LogP contribution >= 0.6 is 0 Å². The quantitative estimate of drug-likeness (QED) is 0.252. The van der Waals surface area contributed by atoms with Gasteiger partial charge in [0.1, 0.15) is 27.7 Å². The van der Waals surface area contributed by atoms with Crippen LogP contribution in [0.5, 0.6) is 17.4 Å². The third-order valence-electron chi connectivity index (χ3n) is 3.85. The zero-order valence-corrected chi connectivity index (χ0v) is 16.0. The number of fused-ring (bicyclic) bond motifs is 1. The highest BCUT2D eigenvalue weighted by Crippen LogP contribution is 2.26. The summed E-state index contributed by atoms with van der Waals surface area (Å²) in [5.74, 6) is 6.38. The number of benzene rings is 1. The Morgan fingerprint density at radius 3 is 2.61 bits per heavy atom. The molecule has 3 aromatic rings. The average Bonchev–Trinajstić information content (AvgIpc) is 3.14. The number of nitrogen functional groups attached to an aromatic ring is 1. The lowest BCUT2D eigenvalue weighted by Crippen LogP contribution is -2.30. The molecule has 0 saturated carbocycles. The molecule has 2 aromatic heterocycles. The smallest absolute Gasteiger partial charge is 0.265 e. The fourth-order valence-electron chi connectivity index (χ4n) is 2.53. The molecular formula is C18H20N4O5S. The number of imidazole rings is 1. The molecule has 0 saturated heterocycles. The summed E-state index contributed by atoms with van der Waals surface area (Å²) in [5, 5.41) is 0. The minimum Gasteiger partial charge on any atom is -0.494 e. The van der Waals surface area contributed by atoms with Crippen molar-refractivity contribution in [2.45, 2.75) is 6.42 Å². The van der Waals surface area contributed by atoms with Gasteiger partial charge in [-0.2, -0.15) is 0 Å². The van der Waals surface area contributed by atoms with Gasteiger partial charge in [0.15, 0.2) is 0 Å². The molecule has 0 atom stereocenters. The second-order valence-electron chi connectivity index (χ2n) is 6.15. The molecule has 3 rings (SSSR count). The molecule has 0 aliphatic rings. The molecule has 2 heterocycles. The van der Waals surface area contributed by atoms with E-state index in [2.05, 4.69) is 10.4 Å². The SMILES string of the molecule is CS(=O)(=O)CCCOc1ccc(Oc2cc(C(=O)NN)cc3cncn23)cc1. The van der Waals surface area contributed by atoms with Crippen LogP contribution in [0, 0.1) is 0 Å². The predicted molar refractivity (Wildman–Crippen MR) is 103 cm³/mol. The summed E-state index contributed by atoms with van der Waals surface area (Å²) < 4.78 is 35.3. The summed E-state index contributed by atoms with van der Waals surface area (Å²) >= 11 is 0. The van der Waals surface area contributed by atoms with Crippen molar-refractivity contribution in [3.8, 4) is 17.4 Å². The van der Waals surface area contributed by atoms with Gasteiger partial charge < -0.3 is 9.47 Å². The molecule has 28 heavy (non-hydrogen) atoms. The number of amides is 1. The van der Waals surface area contributed by atoms with Crippen molar-refractivity contribution in [2.24, 2.45) is 5.84 Å². The van der Waals surface area contributed by atoms with Gasteiger partial charge >= 0.3 is 0 Å². The average molecular weight is 404 g/mol. The topological polar surface area (TPSA) is 125 Å². The van der Waals surface area contributed by atoms with Crippen molar-refractivity contribution in [1.29, 1.82) is 0 Å². The highest BCUT2D eigenvalue weighted by molar-refractivity contribution is 7.90. The third kappa shape index (κ3) is 4.99. The monoisotopic (exact) mass is 404 g/mol. The summed E-state index contributed by atoms with van der Waals surface area (Å²) in [6.45, 7) is 0.305. The molecule has 0 unspecified atom stereocenters. The van der Waals surface area contributed by atoms with Gasteiger partial charge in [-0.25, -0.2) is 19.2 Å². The first kappa shape index (κ1) is 19.6. The molecule has 0 radical (unpaired) electrons. The van der Waals surface area contributed by atoms with Gasteiger partial charge in [0, 0.05) is 17.9 Å². The van der Waals surface area contributed by atoms with Crippen molar-refractivity contribution in [3.05, 3.63) is 54.5 Å². The molecule has 0 aliphatic carbocycles. The van der Waals surface area contributed by atoms with Gasteiger partial charge in [-0.3, -0.25) is 14.6 Å². The van der Waals surface area contributed by atoms with Crippen LogP contribution in [0.1, 0.15) is 16.8 Å². The Morgan fingerprint density at radius 1 is 1.21 bits per heavy atom. The Bertz CT molecular complexity index is 1080. The number of nitrogens with zero attached hydrogens (tertiary/aromatic N) is 2. The Kier molecular flexibility index (Phi) is 5.81. The van der Waals surface area contributed by atoms with E-state index in [9.17, 15) is 13.2 Å². The number of aromatic nitrogens is 2. The van der Waals surface area contributed by atoms with Crippen molar-refractivity contribution in [1.82, 2.24) is 14.8 Å². The first-order valence-corrected chi connectivity index (χ1v) is 10.5. The summed E-state index contributed by atoms with van der Waals surface area (Å²) in [4.78, 5) is 15.9. The molecule has 0 bridgehead atoms.